The third-order valence-electron chi connectivity index (χ3n) is 7.29. The molecule has 2 bridgehead atoms. The quantitative estimate of drug-likeness (QED) is 0.301. The summed E-state index contributed by atoms with van der Waals surface area (Å²) < 4.78 is 59.1. The maximum Gasteiger partial charge on any atom is 0.294 e. The highest BCUT2D eigenvalue weighted by Gasteiger charge is 2.39. The number of hydrogen-bond donors (Lipinski definition) is 2. The zero-order valence-corrected chi connectivity index (χ0v) is 25.9. The van der Waals surface area contributed by atoms with Crippen LogP contribution in [0, 0.1) is 13.8 Å². The second-order valence-corrected chi connectivity index (χ2v) is 13.6. The molecule has 3 heterocycles. The van der Waals surface area contributed by atoms with Crippen LogP contribution in [0.2, 0.25) is 0 Å². The van der Waals surface area contributed by atoms with E-state index in [1.165, 1.54) is 37.1 Å². The summed E-state index contributed by atoms with van der Waals surface area (Å²) in [6, 6.07) is 27.6. The summed E-state index contributed by atoms with van der Waals surface area (Å²) in [5.41, 5.74) is 3.98. The summed E-state index contributed by atoms with van der Waals surface area (Å²) in [6.45, 7) is 5.96. The molecule has 0 radical (unpaired) electrons. The average Bonchev–Trinajstić information content (AvgIpc) is 3.24. The molecule has 0 saturated carbocycles. The van der Waals surface area contributed by atoms with Crippen LogP contribution >= 0.6 is 0 Å². The summed E-state index contributed by atoms with van der Waals surface area (Å²) in [5.74, 6) is 1.04. The van der Waals surface area contributed by atoms with Gasteiger partial charge < -0.3 is 9.80 Å². The van der Waals surface area contributed by atoms with Gasteiger partial charge in [-0.2, -0.15) is 16.8 Å². The first kappa shape index (κ1) is 32.2. The van der Waals surface area contributed by atoms with Crippen LogP contribution in [0.3, 0.4) is 0 Å². The van der Waals surface area contributed by atoms with Crippen LogP contribution < -0.4 is 4.90 Å². The van der Waals surface area contributed by atoms with Crippen molar-refractivity contribution < 1.29 is 25.9 Å². The molecule has 2 fully saturated rings. The van der Waals surface area contributed by atoms with Crippen molar-refractivity contribution in [3.8, 4) is 11.3 Å². The Morgan fingerprint density at radius 1 is 0.651 bits per heavy atom. The molecule has 2 aliphatic rings. The molecule has 0 spiro atoms. The molecular formula is C31H36N4O6S2. The summed E-state index contributed by atoms with van der Waals surface area (Å²) in [5, 5.41) is 8.94. The van der Waals surface area contributed by atoms with Crippen LogP contribution in [-0.2, 0) is 20.2 Å². The summed E-state index contributed by atoms with van der Waals surface area (Å²) in [7, 11) is -5.82. The molecule has 43 heavy (non-hydrogen) atoms. The Kier molecular flexibility index (Phi) is 10.3. The van der Waals surface area contributed by atoms with E-state index in [0.29, 0.717) is 12.1 Å². The van der Waals surface area contributed by atoms with Gasteiger partial charge in [-0.1, -0.05) is 65.7 Å². The summed E-state index contributed by atoms with van der Waals surface area (Å²) >= 11 is 0. The fourth-order valence-corrected chi connectivity index (χ4v) is 6.09. The lowest BCUT2D eigenvalue weighted by Crippen LogP contribution is -2.52. The third-order valence-corrected chi connectivity index (χ3v) is 9.02. The first-order valence-corrected chi connectivity index (χ1v) is 16.6. The first-order chi connectivity index (χ1) is 20.3. The third kappa shape index (κ3) is 8.91. The second kappa shape index (κ2) is 13.7. The van der Waals surface area contributed by atoms with E-state index in [9.17, 15) is 16.8 Å². The van der Waals surface area contributed by atoms with Gasteiger partial charge in [-0.3, -0.25) is 9.11 Å². The van der Waals surface area contributed by atoms with Gasteiger partial charge in [0.15, 0.2) is 5.82 Å². The van der Waals surface area contributed by atoms with Gasteiger partial charge in [0.25, 0.3) is 20.2 Å². The highest BCUT2D eigenvalue weighted by atomic mass is 32.2. The molecule has 1 aromatic heterocycles. The van der Waals surface area contributed by atoms with Gasteiger partial charge >= 0.3 is 0 Å². The van der Waals surface area contributed by atoms with Crippen molar-refractivity contribution >= 4 is 26.1 Å². The molecular weight excluding hydrogens is 588 g/mol. The zero-order chi connectivity index (χ0) is 31.2. The lowest BCUT2D eigenvalue weighted by molar-refractivity contribution is 0.263. The number of likely N-dealkylation sites (N-methyl/N-ethyl adjacent to an activating group) is 1. The summed E-state index contributed by atoms with van der Waals surface area (Å²) in [6.07, 6.45) is 2.55. The smallest absolute Gasteiger partial charge is 0.294 e. The molecule has 12 heteroatoms. The van der Waals surface area contributed by atoms with Crippen LogP contribution in [0.15, 0.2) is 101 Å². The molecule has 2 N–H and O–H groups in total. The first-order valence-electron chi connectivity index (χ1n) is 13.8. The molecule has 0 amide bonds. The Morgan fingerprint density at radius 2 is 1.12 bits per heavy atom. The Morgan fingerprint density at radius 3 is 1.51 bits per heavy atom. The normalized spacial score (nSPS) is 18.2. The number of aryl methyl sites for hydroxylation is 2. The molecule has 228 valence electrons. The topological polar surface area (TPSA) is 141 Å². The minimum absolute atomic E-state index is 0.0666. The zero-order valence-electron chi connectivity index (χ0n) is 24.3. The maximum absolute atomic E-state index is 10.5. The Hall–Kier alpha value is -3.68. The van der Waals surface area contributed by atoms with Crippen molar-refractivity contribution in [3.63, 3.8) is 0 Å². The highest BCUT2D eigenvalue weighted by Crippen LogP contribution is 2.33. The number of anilines is 1. The maximum atomic E-state index is 10.5. The number of hydrogen-bond acceptors (Lipinski definition) is 8. The minimum atomic E-state index is -4.02. The van der Waals surface area contributed by atoms with Crippen LogP contribution in [0.4, 0.5) is 5.82 Å². The van der Waals surface area contributed by atoms with Gasteiger partial charge in [-0.15, -0.1) is 10.2 Å². The number of rotatable bonds is 4. The van der Waals surface area contributed by atoms with E-state index >= 15 is 0 Å². The van der Waals surface area contributed by atoms with Gasteiger partial charge in [0.05, 0.1) is 15.5 Å². The van der Waals surface area contributed by atoms with Gasteiger partial charge in [0, 0.05) is 30.7 Å². The number of likely N-dealkylation sites (tertiary alicyclic amines) is 1. The van der Waals surface area contributed by atoms with E-state index in [1.54, 1.807) is 24.3 Å². The molecule has 0 aliphatic carbocycles. The van der Waals surface area contributed by atoms with Gasteiger partial charge in [-0.05, 0) is 70.1 Å². The highest BCUT2D eigenvalue weighted by molar-refractivity contribution is 7.86. The van der Waals surface area contributed by atoms with E-state index in [4.69, 9.17) is 9.11 Å². The Labute approximate surface area is 253 Å². The Balaban J connectivity index is 0.000000164. The second-order valence-electron chi connectivity index (χ2n) is 10.7. The fraction of sp³-hybridized carbons (Fsp3) is 0.290. The number of nitrogens with zero attached hydrogens (tertiary/aromatic N) is 4. The minimum Gasteiger partial charge on any atom is -0.347 e. The van der Waals surface area contributed by atoms with Gasteiger partial charge in [0.2, 0.25) is 0 Å². The molecule has 2 atom stereocenters. The van der Waals surface area contributed by atoms with E-state index in [-0.39, 0.29) is 9.79 Å². The lowest BCUT2D eigenvalue weighted by atomic mass is 10.1. The van der Waals surface area contributed by atoms with Gasteiger partial charge in [0.1, 0.15) is 0 Å². The van der Waals surface area contributed by atoms with E-state index < -0.39 is 20.2 Å². The number of benzene rings is 3. The molecule has 2 aliphatic heterocycles. The number of aromatic nitrogens is 2. The van der Waals surface area contributed by atoms with Crippen molar-refractivity contribution in [1.29, 1.82) is 0 Å². The van der Waals surface area contributed by atoms with E-state index in [1.807, 2.05) is 32.0 Å². The SMILES string of the molecule is CN1CC2CCC(C1)N2c1ccc(-c2ccccc2)nn1.Cc1ccc(S(=O)(=O)O)cc1.Cc1ccc(S(=O)(=O)O)cc1. The molecule has 10 nitrogen and oxygen atoms in total. The van der Waals surface area contributed by atoms with Crippen LogP contribution in [0.1, 0.15) is 24.0 Å². The van der Waals surface area contributed by atoms with Crippen molar-refractivity contribution in [2.45, 2.75) is 48.6 Å². The van der Waals surface area contributed by atoms with E-state index in [2.05, 4.69) is 51.3 Å². The number of piperazine rings is 1. The van der Waals surface area contributed by atoms with Crippen molar-refractivity contribution in [3.05, 3.63) is 102 Å². The molecule has 4 aromatic rings. The van der Waals surface area contributed by atoms with Crippen molar-refractivity contribution in [1.82, 2.24) is 15.1 Å². The monoisotopic (exact) mass is 624 g/mol. The largest absolute Gasteiger partial charge is 0.347 e. The Bertz CT molecular complexity index is 1610. The van der Waals surface area contributed by atoms with Crippen LogP contribution in [0.5, 0.6) is 0 Å². The lowest BCUT2D eigenvalue weighted by Gasteiger charge is -2.40. The standard InChI is InChI=1S/C17H20N4.2C7H8O3S/c1-20-11-14-7-8-15(12-20)21(14)17-10-9-16(18-19-17)13-5-3-2-4-6-13;2*1-6-2-4-7(5-3-6)11(8,9)10/h2-6,9-10,14-15H,7-8,11-12H2,1H3;2*2-5H,1H3,(H,8,9,10). The predicted molar refractivity (Wildman–Crippen MR) is 166 cm³/mol. The van der Waals surface area contributed by atoms with Crippen molar-refractivity contribution in [2.24, 2.45) is 0 Å². The fourth-order valence-electron chi connectivity index (χ4n) is 5.13. The molecule has 2 unspecified atom stereocenters. The molecule has 3 aromatic carbocycles. The molecule has 6 rings (SSSR count). The predicted octanol–water partition coefficient (Wildman–Crippen LogP) is 4.91. The van der Waals surface area contributed by atoms with Gasteiger partial charge in [-0.25, -0.2) is 0 Å². The number of fused-ring (bicyclic) bond motifs is 2. The average molecular weight is 625 g/mol. The van der Waals surface area contributed by atoms with Crippen molar-refractivity contribution in [2.75, 3.05) is 25.0 Å². The van der Waals surface area contributed by atoms with Crippen LogP contribution in [0.25, 0.3) is 11.3 Å². The summed E-state index contributed by atoms with van der Waals surface area (Å²) in [4.78, 5) is 4.79. The molecule has 2 saturated heterocycles. The van der Waals surface area contributed by atoms with E-state index in [0.717, 1.165) is 41.3 Å². The van der Waals surface area contributed by atoms with Crippen LogP contribution in [-0.4, -0.2) is 73.3 Å².